The summed E-state index contributed by atoms with van der Waals surface area (Å²) >= 11 is 0. The van der Waals surface area contributed by atoms with Crippen LogP contribution in [0.15, 0.2) is 48.5 Å². The number of nitrogens with zero attached hydrogens (tertiary/aromatic N) is 1. The van der Waals surface area contributed by atoms with Gasteiger partial charge in [-0.2, -0.15) is 0 Å². The predicted molar refractivity (Wildman–Crippen MR) is 125 cm³/mol. The lowest BCUT2D eigenvalue weighted by Crippen LogP contribution is -2.59. The van der Waals surface area contributed by atoms with Crippen LogP contribution in [0.4, 0.5) is 8.78 Å². The van der Waals surface area contributed by atoms with Crippen LogP contribution in [0.5, 0.6) is 0 Å². The van der Waals surface area contributed by atoms with Gasteiger partial charge in [0.05, 0.1) is 20.3 Å². The zero-order valence-electron chi connectivity index (χ0n) is 19.6. The van der Waals surface area contributed by atoms with Crippen molar-refractivity contribution in [2.75, 3.05) is 33.4 Å². The molecule has 1 aliphatic heterocycles. The monoisotopic (exact) mass is 486 g/mol. The Morgan fingerprint density at radius 1 is 1.09 bits per heavy atom. The van der Waals surface area contributed by atoms with Crippen LogP contribution in [0.1, 0.15) is 34.0 Å². The number of esters is 1. The number of hydrogen-bond acceptors (Lipinski definition) is 6. The highest BCUT2D eigenvalue weighted by molar-refractivity contribution is 5.97. The first-order valence-corrected chi connectivity index (χ1v) is 11.1. The van der Waals surface area contributed by atoms with Crippen molar-refractivity contribution in [1.29, 1.82) is 0 Å². The number of rotatable bonds is 7. The van der Waals surface area contributed by atoms with Crippen molar-refractivity contribution in [3.63, 3.8) is 0 Å². The van der Waals surface area contributed by atoms with Gasteiger partial charge in [-0.3, -0.25) is 9.69 Å². The predicted octanol–water partition coefficient (Wildman–Crippen LogP) is 2.21. The average Bonchev–Trinajstić information content (AvgIpc) is 2.87. The molecule has 0 aliphatic carbocycles. The van der Waals surface area contributed by atoms with Gasteiger partial charge >= 0.3 is 5.97 Å². The maximum absolute atomic E-state index is 13.2. The van der Waals surface area contributed by atoms with Gasteiger partial charge in [0.25, 0.3) is 12.3 Å². The number of nitrogens with one attached hydrogen (secondary N) is 1. The standard InChI is InChI=1S/C26H28F2N2O5/c1-26(33,25(27)28)22(24(32)34-2)29-23(31)21-11-9-19(10-12-21)4-3-18-5-7-20(8-6-18)17-30-13-15-35-16-14-30/h5-12,22,25,33H,13-17H2,1-2H3,(H,29,31)/t22-,26?/m1/s1. The van der Waals surface area contributed by atoms with Gasteiger partial charge in [0.2, 0.25) is 0 Å². The SMILES string of the molecule is COC(=O)[C@@H](NC(=O)c1ccc(C#Cc2ccc(CN3CCOCC3)cc2)cc1)C(C)(O)C(F)F. The van der Waals surface area contributed by atoms with Gasteiger partial charge in [-0.1, -0.05) is 24.0 Å². The van der Waals surface area contributed by atoms with Crippen LogP contribution >= 0.6 is 0 Å². The molecule has 2 aromatic rings. The Balaban J connectivity index is 1.62. The Morgan fingerprint density at radius 3 is 2.14 bits per heavy atom. The fourth-order valence-electron chi connectivity index (χ4n) is 3.46. The number of amides is 1. The summed E-state index contributed by atoms with van der Waals surface area (Å²) < 4.78 is 36.2. The van der Waals surface area contributed by atoms with E-state index in [1.807, 2.05) is 24.3 Å². The van der Waals surface area contributed by atoms with Gasteiger partial charge in [-0.25, -0.2) is 13.6 Å². The van der Waals surface area contributed by atoms with Crippen molar-refractivity contribution in [2.45, 2.75) is 31.5 Å². The zero-order valence-corrected chi connectivity index (χ0v) is 19.6. The van der Waals surface area contributed by atoms with Crippen molar-refractivity contribution in [3.8, 4) is 11.8 Å². The lowest BCUT2D eigenvalue weighted by molar-refractivity contribution is -0.160. The fourth-order valence-corrected chi connectivity index (χ4v) is 3.46. The van der Waals surface area contributed by atoms with Crippen LogP contribution in [0.2, 0.25) is 0 Å². The third-order valence-electron chi connectivity index (χ3n) is 5.70. The highest BCUT2D eigenvalue weighted by Crippen LogP contribution is 2.21. The molecule has 1 fully saturated rings. The summed E-state index contributed by atoms with van der Waals surface area (Å²) in [6.07, 6.45) is -3.28. The van der Waals surface area contributed by atoms with E-state index in [1.165, 1.54) is 17.7 Å². The molecule has 0 radical (unpaired) electrons. The maximum Gasteiger partial charge on any atom is 0.331 e. The third kappa shape index (κ3) is 7.09. The van der Waals surface area contributed by atoms with Crippen LogP contribution < -0.4 is 5.32 Å². The van der Waals surface area contributed by atoms with Gasteiger partial charge in [0.1, 0.15) is 0 Å². The van der Waals surface area contributed by atoms with E-state index in [2.05, 4.69) is 26.8 Å². The number of alkyl halides is 2. The Bertz CT molecular complexity index is 1070. The summed E-state index contributed by atoms with van der Waals surface area (Å²) in [5.74, 6) is 4.09. The van der Waals surface area contributed by atoms with Crippen LogP contribution in [-0.2, 0) is 20.8 Å². The van der Waals surface area contributed by atoms with E-state index in [0.29, 0.717) is 5.56 Å². The van der Waals surface area contributed by atoms with Gasteiger partial charge < -0.3 is 19.9 Å². The van der Waals surface area contributed by atoms with Crippen LogP contribution in [0.25, 0.3) is 0 Å². The minimum absolute atomic E-state index is 0.113. The minimum atomic E-state index is -3.28. The molecule has 186 valence electrons. The molecule has 2 atom stereocenters. The van der Waals surface area contributed by atoms with Crippen molar-refractivity contribution in [1.82, 2.24) is 10.2 Å². The molecule has 0 saturated carbocycles. The summed E-state index contributed by atoms with van der Waals surface area (Å²) in [6.45, 7) is 4.98. The maximum atomic E-state index is 13.2. The molecule has 1 aliphatic rings. The van der Waals surface area contributed by atoms with Crippen molar-refractivity contribution >= 4 is 11.9 Å². The quantitative estimate of drug-likeness (QED) is 0.461. The number of methoxy groups -OCH3 is 1. The van der Waals surface area contributed by atoms with Gasteiger partial charge in [-0.15, -0.1) is 0 Å². The van der Waals surface area contributed by atoms with Gasteiger partial charge in [-0.05, 0) is 48.9 Å². The van der Waals surface area contributed by atoms with E-state index in [1.54, 1.807) is 12.1 Å². The van der Waals surface area contributed by atoms with E-state index in [9.17, 15) is 23.5 Å². The van der Waals surface area contributed by atoms with Gasteiger partial charge in [0, 0.05) is 36.3 Å². The fraction of sp³-hybridized carbons (Fsp3) is 0.385. The number of ether oxygens (including phenoxy) is 2. The smallest absolute Gasteiger partial charge is 0.331 e. The Morgan fingerprint density at radius 2 is 1.63 bits per heavy atom. The molecule has 7 nitrogen and oxygen atoms in total. The molecule has 2 aromatic carbocycles. The molecule has 0 aromatic heterocycles. The third-order valence-corrected chi connectivity index (χ3v) is 5.70. The second-order valence-electron chi connectivity index (χ2n) is 8.37. The number of aliphatic hydroxyl groups is 1. The molecule has 2 N–H and O–H groups in total. The Labute approximate surface area is 203 Å². The summed E-state index contributed by atoms with van der Waals surface area (Å²) in [5, 5.41) is 12.1. The first-order valence-electron chi connectivity index (χ1n) is 11.1. The van der Waals surface area contributed by atoms with Crippen LogP contribution in [-0.4, -0.2) is 73.4 Å². The molecule has 35 heavy (non-hydrogen) atoms. The van der Waals surface area contributed by atoms with E-state index in [0.717, 1.165) is 52.4 Å². The number of halogens is 2. The van der Waals surface area contributed by atoms with Crippen molar-refractivity contribution in [2.24, 2.45) is 0 Å². The van der Waals surface area contributed by atoms with Crippen LogP contribution in [0, 0.1) is 11.8 Å². The molecule has 0 bridgehead atoms. The zero-order chi connectivity index (χ0) is 25.4. The van der Waals surface area contributed by atoms with E-state index >= 15 is 0 Å². The lowest BCUT2D eigenvalue weighted by Gasteiger charge is -2.30. The number of carbonyl (C=O) groups is 2. The number of morpholine rings is 1. The Kier molecular flexibility index (Phi) is 8.93. The number of hydrogen-bond donors (Lipinski definition) is 2. The largest absolute Gasteiger partial charge is 0.467 e. The molecule has 1 saturated heterocycles. The first-order chi connectivity index (χ1) is 16.7. The summed E-state index contributed by atoms with van der Waals surface area (Å²) in [4.78, 5) is 26.7. The molecule has 0 spiro atoms. The molecule has 9 heteroatoms. The lowest BCUT2D eigenvalue weighted by atomic mass is 9.96. The topological polar surface area (TPSA) is 88.1 Å². The summed E-state index contributed by atoms with van der Waals surface area (Å²) in [5.41, 5.74) is -0.00653. The molecular formula is C26H28F2N2O5. The summed E-state index contributed by atoms with van der Waals surface area (Å²) in [7, 11) is 0.980. The number of carbonyl (C=O) groups excluding carboxylic acids is 2. The van der Waals surface area contributed by atoms with Crippen molar-refractivity contribution < 1.29 is 33.0 Å². The van der Waals surface area contributed by atoms with E-state index in [-0.39, 0.29) is 5.56 Å². The van der Waals surface area contributed by atoms with Crippen LogP contribution in [0.3, 0.4) is 0 Å². The van der Waals surface area contributed by atoms with E-state index in [4.69, 9.17) is 4.74 Å². The van der Waals surface area contributed by atoms with E-state index < -0.39 is 29.9 Å². The highest BCUT2D eigenvalue weighted by atomic mass is 19.3. The highest BCUT2D eigenvalue weighted by Gasteiger charge is 2.46. The summed E-state index contributed by atoms with van der Waals surface area (Å²) in [6, 6.07) is 12.2. The molecule has 1 heterocycles. The van der Waals surface area contributed by atoms with Crippen molar-refractivity contribution in [3.05, 3.63) is 70.8 Å². The molecular weight excluding hydrogens is 458 g/mol. The number of benzene rings is 2. The molecule has 3 rings (SSSR count). The second kappa shape index (κ2) is 11.9. The average molecular weight is 487 g/mol. The molecule has 1 amide bonds. The normalized spacial score (nSPS) is 16.5. The van der Waals surface area contributed by atoms with Gasteiger partial charge in [0.15, 0.2) is 11.6 Å². The second-order valence-corrected chi connectivity index (χ2v) is 8.37. The minimum Gasteiger partial charge on any atom is -0.467 e. The Hall–Kier alpha value is -3.32. The molecule has 1 unspecified atom stereocenters. The first kappa shape index (κ1) is 26.3.